The lowest BCUT2D eigenvalue weighted by molar-refractivity contribution is -0.142. The minimum atomic E-state index is 0.0445. The molecule has 1 saturated carbocycles. The Morgan fingerprint density at radius 1 is 1.36 bits per heavy atom. The van der Waals surface area contributed by atoms with Gasteiger partial charge in [0.2, 0.25) is 11.8 Å². The fourth-order valence-corrected chi connectivity index (χ4v) is 3.36. The standard InChI is InChI=1S/C15H21N3O3S/c1-9-6-18(7-10(2)21-9)13(19)5-12-8-22-15(16-12)17-14(20)11-3-4-11/h8-11H,3-7H2,1-2H3,(H,16,17,20)/t9-,10+. The number of rotatable bonds is 4. The van der Waals surface area contributed by atoms with Crippen LogP contribution in [0.25, 0.3) is 0 Å². The molecule has 1 N–H and O–H groups in total. The minimum absolute atomic E-state index is 0.0445. The number of nitrogens with one attached hydrogen (secondary N) is 1. The van der Waals surface area contributed by atoms with Crippen LogP contribution in [0, 0.1) is 5.92 Å². The highest BCUT2D eigenvalue weighted by molar-refractivity contribution is 7.13. The van der Waals surface area contributed by atoms with Gasteiger partial charge >= 0.3 is 0 Å². The van der Waals surface area contributed by atoms with Crippen molar-refractivity contribution in [3.8, 4) is 0 Å². The number of aromatic nitrogens is 1. The van der Waals surface area contributed by atoms with Crippen LogP contribution in [-0.4, -0.2) is 47.0 Å². The second-order valence-corrected chi connectivity index (χ2v) is 7.00. The van der Waals surface area contributed by atoms with Gasteiger partial charge in [-0.05, 0) is 26.7 Å². The van der Waals surface area contributed by atoms with Crippen LogP contribution in [0.5, 0.6) is 0 Å². The summed E-state index contributed by atoms with van der Waals surface area (Å²) >= 11 is 1.37. The van der Waals surface area contributed by atoms with Crippen molar-refractivity contribution >= 4 is 28.3 Å². The molecule has 1 aromatic rings. The van der Waals surface area contributed by atoms with E-state index in [0.29, 0.717) is 23.9 Å². The minimum Gasteiger partial charge on any atom is -0.372 e. The van der Waals surface area contributed by atoms with Crippen molar-refractivity contribution in [2.45, 2.75) is 45.3 Å². The molecule has 0 aromatic carbocycles. The normalized spacial score (nSPS) is 25.1. The van der Waals surface area contributed by atoms with E-state index < -0.39 is 0 Å². The van der Waals surface area contributed by atoms with Crippen LogP contribution in [-0.2, 0) is 20.7 Å². The molecule has 0 bridgehead atoms. The maximum absolute atomic E-state index is 12.4. The summed E-state index contributed by atoms with van der Waals surface area (Å²) in [6.45, 7) is 5.20. The van der Waals surface area contributed by atoms with Crippen LogP contribution in [0.15, 0.2) is 5.38 Å². The summed E-state index contributed by atoms with van der Waals surface area (Å²) in [4.78, 5) is 30.2. The number of hydrogen-bond acceptors (Lipinski definition) is 5. The predicted molar refractivity (Wildman–Crippen MR) is 83.8 cm³/mol. The highest BCUT2D eigenvalue weighted by Crippen LogP contribution is 2.30. The summed E-state index contributed by atoms with van der Waals surface area (Å²) in [5.41, 5.74) is 0.716. The molecule has 1 aliphatic carbocycles. The third-order valence-corrected chi connectivity index (χ3v) is 4.64. The van der Waals surface area contributed by atoms with Gasteiger partial charge in [0.05, 0.1) is 24.3 Å². The molecule has 0 unspecified atom stereocenters. The lowest BCUT2D eigenvalue weighted by Crippen LogP contribution is -2.48. The molecule has 1 saturated heterocycles. The van der Waals surface area contributed by atoms with Crippen LogP contribution in [0.3, 0.4) is 0 Å². The molecule has 2 aliphatic rings. The van der Waals surface area contributed by atoms with E-state index in [-0.39, 0.29) is 36.4 Å². The maximum Gasteiger partial charge on any atom is 0.229 e. The highest BCUT2D eigenvalue weighted by atomic mass is 32.1. The Labute approximate surface area is 133 Å². The summed E-state index contributed by atoms with van der Waals surface area (Å²) in [5.74, 6) is 0.265. The molecule has 2 amide bonds. The van der Waals surface area contributed by atoms with E-state index in [1.165, 1.54) is 11.3 Å². The quantitative estimate of drug-likeness (QED) is 0.915. The zero-order valence-electron chi connectivity index (χ0n) is 12.9. The van der Waals surface area contributed by atoms with Gasteiger partial charge in [0.15, 0.2) is 5.13 Å². The van der Waals surface area contributed by atoms with Crippen molar-refractivity contribution in [3.63, 3.8) is 0 Å². The number of carbonyl (C=O) groups excluding carboxylic acids is 2. The van der Waals surface area contributed by atoms with E-state index in [4.69, 9.17) is 4.74 Å². The molecule has 2 heterocycles. The second kappa shape index (κ2) is 6.34. The third kappa shape index (κ3) is 3.84. The Morgan fingerprint density at radius 3 is 2.68 bits per heavy atom. The molecule has 1 aromatic heterocycles. The summed E-state index contributed by atoms with van der Waals surface area (Å²) in [7, 11) is 0. The zero-order chi connectivity index (χ0) is 15.7. The van der Waals surface area contributed by atoms with Gasteiger partial charge in [0.25, 0.3) is 0 Å². The van der Waals surface area contributed by atoms with Crippen LogP contribution >= 0.6 is 11.3 Å². The van der Waals surface area contributed by atoms with Gasteiger partial charge in [-0.2, -0.15) is 0 Å². The van der Waals surface area contributed by atoms with Crippen LogP contribution in [0.2, 0.25) is 0 Å². The fourth-order valence-electron chi connectivity index (χ4n) is 2.65. The van der Waals surface area contributed by atoms with E-state index in [2.05, 4.69) is 10.3 Å². The van der Waals surface area contributed by atoms with Crippen molar-refractivity contribution in [1.82, 2.24) is 9.88 Å². The first kappa shape index (κ1) is 15.4. The molecule has 6 nitrogen and oxygen atoms in total. The Balaban J connectivity index is 1.55. The predicted octanol–water partition coefficient (Wildman–Crippen LogP) is 1.67. The number of morpholine rings is 1. The molecule has 2 atom stereocenters. The SMILES string of the molecule is C[C@@H]1CN(C(=O)Cc2csc(NC(=O)C3CC3)n2)C[C@H](C)O1. The van der Waals surface area contributed by atoms with Gasteiger partial charge < -0.3 is 15.0 Å². The molecular formula is C15H21N3O3S. The number of hydrogen-bond donors (Lipinski definition) is 1. The largest absolute Gasteiger partial charge is 0.372 e. The average molecular weight is 323 g/mol. The third-order valence-electron chi connectivity index (χ3n) is 3.83. The van der Waals surface area contributed by atoms with E-state index in [9.17, 15) is 9.59 Å². The number of amides is 2. The molecule has 120 valence electrons. The van der Waals surface area contributed by atoms with E-state index >= 15 is 0 Å². The summed E-state index contributed by atoms with van der Waals surface area (Å²) in [5, 5.41) is 5.24. The molecule has 3 rings (SSSR count). The number of thiazole rings is 1. The smallest absolute Gasteiger partial charge is 0.229 e. The molecule has 1 aliphatic heterocycles. The van der Waals surface area contributed by atoms with Crippen molar-refractivity contribution in [1.29, 1.82) is 0 Å². The molecule has 22 heavy (non-hydrogen) atoms. The number of ether oxygens (including phenoxy) is 1. The lowest BCUT2D eigenvalue weighted by atomic mass is 10.2. The average Bonchev–Trinajstić information content (AvgIpc) is 3.21. The number of nitrogens with zero attached hydrogens (tertiary/aromatic N) is 2. The summed E-state index contributed by atoms with van der Waals surface area (Å²) in [6.07, 6.45) is 2.34. The summed E-state index contributed by atoms with van der Waals surface area (Å²) in [6, 6.07) is 0. The number of carbonyl (C=O) groups is 2. The Morgan fingerprint density at radius 2 is 2.05 bits per heavy atom. The monoisotopic (exact) mass is 323 g/mol. The van der Waals surface area contributed by atoms with E-state index in [1.807, 2.05) is 24.1 Å². The Bertz CT molecular complexity index is 560. The van der Waals surface area contributed by atoms with Crippen molar-refractivity contribution in [2.24, 2.45) is 5.92 Å². The second-order valence-electron chi connectivity index (χ2n) is 6.14. The lowest BCUT2D eigenvalue weighted by Gasteiger charge is -2.35. The Hall–Kier alpha value is -1.47. The van der Waals surface area contributed by atoms with Crippen molar-refractivity contribution in [2.75, 3.05) is 18.4 Å². The van der Waals surface area contributed by atoms with Crippen molar-refractivity contribution in [3.05, 3.63) is 11.1 Å². The first-order chi connectivity index (χ1) is 10.5. The highest BCUT2D eigenvalue weighted by Gasteiger charge is 2.30. The van der Waals surface area contributed by atoms with Gasteiger partial charge in [-0.3, -0.25) is 9.59 Å². The van der Waals surface area contributed by atoms with Crippen LogP contribution in [0.4, 0.5) is 5.13 Å². The zero-order valence-corrected chi connectivity index (χ0v) is 13.7. The van der Waals surface area contributed by atoms with Crippen LogP contribution in [0.1, 0.15) is 32.4 Å². The van der Waals surface area contributed by atoms with Gasteiger partial charge in [-0.25, -0.2) is 4.98 Å². The molecule has 0 radical (unpaired) electrons. The van der Waals surface area contributed by atoms with Gasteiger partial charge in [-0.15, -0.1) is 11.3 Å². The Kier molecular flexibility index (Phi) is 4.44. The van der Waals surface area contributed by atoms with Gasteiger partial charge in [0, 0.05) is 24.4 Å². The topological polar surface area (TPSA) is 71.5 Å². The number of anilines is 1. The molecule has 0 spiro atoms. The maximum atomic E-state index is 12.4. The first-order valence-electron chi connectivity index (χ1n) is 7.69. The van der Waals surface area contributed by atoms with Gasteiger partial charge in [-0.1, -0.05) is 0 Å². The first-order valence-corrected chi connectivity index (χ1v) is 8.57. The van der Waals surface area contributed by atoms with E-state index in [0.717, 1.165) is 12.8 Å². The van der Waals surface area contributed by atoms with Gasteiger partial charge in [0.1, 0.15) is 0 Å². The van der Waals surface area contributed by atoms with E-state index in [1.54, 1.807) is 0 Å². The molecule has 2 fully saturated rings. The molecule has 7 heteroatoms. The van der Waals surface area contributed by atoms with Crippen molar-refractivity contribution < 1.29 is 14.3 Å². The molecular weight excluding hydrogens is 302 g/mol. The van der Waals surface area contributed by atoms with Crippen LogP contribution < -0.4 is 5.32 Å². The fraction of sp³-hybridized carbons (Fsp3) is 0.667. The summed E-state index contributed by atoms with van der Waals surface area (Å²) < 4.78 is 5.64.